The average molecular weight is 1050 g/mol. The number of benzene rings is 2. The number of aliphatic imine (C=N–C) groups is 2. The van der Waals surface area contributed by atoms with Gasteiger partial charge in [0.15, 0.2) is 11.9 Å². The molecule has 0 bridgehead atoms. The molecule has 4 rings (SSSR count). The van der Waals surface area contributed by atoms with Crippen LogP contribution in [-0.2, 0) is 56.0 Å². The van der Waals surface area contributed by atoms with Crippen molar-refractivity contribution in [2.24, 2.45) is 44.4 Å². The number of nitrogens with zero attached hydrogens (tertiary/aromatic N) is 2. The van der Waals surface area contributed by atoms with E-state index in [2.05, 4.69) is 57.5 Å². The average Bonchev–Trinajstić information content (AvgIpc) is 3.78. The molecule has 9 amide bonds. The second kappa shape index (κ2) is 32.7. The lowest BCUT2D eigenvalue weighted by atomic mass is 10.0. The Morgan fingerprint density at radius 3 is 1.87 bits per heavy atom. The van der Waals surface area contributed by atoms with Crippen molar-refractivity contribution in [1.29, 1.82) is 0 Å². The van der Waals surface area contributed by atoms with E-state index in [-0.39, 0.29) is 95.8 Å². The molecule has 6 atom stereocenters. The molecule has 1 saturated heterocycles. The fourth-order valence-corrected chi connectivity index (χ4v) is 7.66. The van der Waals surface area contributed by atoms with Gasteiger partial charge in [-0.3, -0.25) is 53.1 Å². The normalized spacial score (nSPS) is 20.4. The number of H-pyrrole nitrogens is 1. The van der Waals surface area contributed by atoms with Crippen LogP contribution >= 0.6 is 0 Å². The first-order valence-electron chi connectivity index (χ1n) is 24.8. The Bertz CT molecular complexity index is 2440. The number of aromatic amines is 1. The Morgan fingerprint density at radius 2 is 1.25 bits per heavy atom. The van der Waals surface area contributed by atoms with E-state index in [9.17, 15) is 43.2 Å². The maximum absolute atomic E-state index is 14.5. The smallest absolute Gasteiger partial charge is 0.243 e. The van der Waals surface area contributed by atoms with E-state index in [0.29, 0.717) is 11.1 Å². The molecule has 1 aliphatic rings. The Morgan fingerprint density at radius 1 is 0.680 bits per heavy atom. The Kier molecular flexibility index (Phi) is 26.6. The molecular weight excluding hydrogens is 971 g/mol. The molecule has 26 nitrogen and oxygen atoms in total. The summed E-state index contributed by atoms with van der Waals surface area (Å²) in [5, 5.41) is 21.8. The number of para-hydroxylation sites is 1. The molecule has 1 aromatic heterocycles. The monoisotopic (exact) mass is 1050 g/mol. The van der Waals surface area contributed by atoms with Crippen molar-refractivity contribution in [2.75, 3.05) is 32.7 Å². The van der Waals surface area contributed by atoms with E-state index in [1.54, 1.807) is 36.5 Å². The van der Waals surface area contributed by atoms with E-state index in [1.807, 2.05) is 31.2 Å². The minimum Gasteiger partial charge on any atom is -0.370 e. The van der Waals surface area contributed by atoms with Crippen LogP contribution in [-0.4, -0.2) is 139 Å². The highest BCUT2D eigenvalue weighted by Crippen LogP contribution is 2.20. The summed E-state index contributed by atoms with van der Waals surface area (Å²) in [6, 6.07) is 8.10. The van der Waals surface area contributed by atoms with Crippen molar-refractivity contribution < 1.29 is 43.2 Å². The van der Waals surface area contributed by atoms with E-state index in [4.69, 9.17) is 34.4 Å². The van der Waals surface area contributed by atoms with Crippen LogP contribution in [0.5, 0.6) is 0 Å². The predicted octanol–water partition coefficient (Wildman–Crippen LogP) is -3.36. The van der Waals surface area contributed by atoms with Crippen LogP contribution in [0.15, 0.2) is 70.8 Å². The molecule has 75 heavy (non-hydrogen) atoms. The van der Waals surface area contributed by atoms with Gasteiger partial charge >= 0.3 is 0 Å². The van der Waals surface area contributed by atoms with Crippen LogP contribution in [0, 0.1) is 0 Å². The van der Waals surface area contributed by atoms with Gasteiger partial charge in [-0.05, 0) is 75.1 Å². The van der Waals surface area contributed by atoms with Gasteiger partial charge in [0, 0.05) is 62.9 Å². The Hall–Kier alpha value is -8.29. The topological polar surface area (TPSA) is 446 Å². The van der Waals surface area contributed by atoms with Crippen molar-refractivity contribution in [3.63, 3.8) is 0 Å². The number of hydrogen-bond acceptors (Lipinski definition) is 12. The van der Waals surface area contributed by atoms with Gasteiger partial charge in [0.2, 0.25) is 53.2 Å². The third kappa shape index (κ3) is 23.0. The molecule has 2 aromatic carbocycles. The summed E-state index contributed by atoms with van der Waals surface area (Å²) in [5.74, 6) is -6.66. The Labute approximate surface area is 435 Å². The molecule has 1 fully saturated rings. The zero-order chi connectivity index (χ0) is 55.3. The van der Waals surface area contributed by atoms with Crippen LogP contribution in [0.25, 0.3) is 10.9 Å². The zero-order valence-electron chi connectivity index (χ0n) is 42.6. The van der Waals surface area contributed by atoms with Gasteiger partial charge in [0.25, 0.3) is 0 Å². The fraction of sp³-hybridized carbons (Fsp3) is 0.490. The number of hydrogen-bond donors (Lipinski definition) is 15. The minimum atomic E-state index is -1.37. The third-order valence-corrected chi connectivity index (χ3v) is 11.5. The van der Waals surface area contributed by atoms with Gasteiger partial charge in [-0.1, -0.05) is 55.5 Å². The highest BCUT2D eigenvalue weighted by molar-refractivity contribution is 5.98. The van der Waals surface area contributed by atoms with E-state index in [0.717, 1.165) is 23.9 Å². The minimum absolute atomic E-state index is 0.00277. The molecule has 26 heteroatoms. The number of nitrogens with two attached hydrogens (primary N) is 6. The number of carbonyl (C=O) groups excluding carboxylic acids is 9. The third-order valence-electron chi connectivity index (χ3n) is 11.5. The summed E-state index contributed by atoms with van der Waals surface area (Å²) in [4.78, 5) is 132. The van der Waals surface area contributed by atoms with Crippen molar-refractivity contribution >= 4 is 76.0 Å². The van der Waals surface area contributed by atoms with Gasteiger partial charge in [-0.2, -0.15) is 0 Å². The molecule has 0 spiro atoms. The second-order valence-electron chi connectivity index (χ2n) is 17.7. The number of nitrogens with one attached hydrogen (secondary N) is 9. The van der Waals surface area contributed by atoms with Crippen molar-refractivity contribution in [3.05, 3.63) is 71.9 Å². The molecule has 3 unspecified atom stereocenters. The number of carbonyl (C=O) groups is 9. The number of amides is 9. The molecule has 410 valence electrons. The summed E-state index contributed by atoms with van der Waals surface area (Å²) in [6.45, 7) is 3.70. The van der Waals surface area contributed by atoms with Crippen LogP contribution in [0.3, 0.4) is 0 Å². The standard InChI is InChI=1S/C45H64N14O9.C4H11N3/c1-26(60)52-25-38(62)54-34-17-18-37(61)50-20-8-15-31(39(47)63)55-44(68)36(23-28-24-53-30-13-6-5-12-29(28)30)59-41(65)33(16-9-21-51-45(48)49)57-43(67)35(22-27-10-3-2-4-11-27)58-40(64)32(14-7-19-46)56-42(34)66;1-2-3-7-4(5)6/h2-6,10-13,24,31-36,53H,7-9,14-23,25,46H2,1H3,(H2,47,63)(H,50,61)(H,52,60)(H,54,62)(H,55,68)(H,56,66)(H,57,67)(H,58,64)(H,59,65)(H4,48,49,51);2-3H2,1H3,(H4,5,6,7)/t31?,32-,33-,34?,35?,36-;/m0./s1. The van der Waals surface area contributed by atoms with Gasteiger partial charge in [-0.25, -0.2) is 0 Å². The largest absolute Gasteiger partial charge is 0.370 e. The molecule has 0 radical (unpaired) electrons. The van der Waals surface area contributed by atoms with Crippen LogP contribution < -0.4 is 76.9 Å². The van der Waals surface area contributed by atoms with E-state index in [1.165, 1.54) is 6.92 Å². The molecule has 0 saturated carbocycles. The number of aromatic nitrogens is 1. The first-order chi connectivity index (χ1) is 35.8. The van der Waals surface area contributed by atoms with Crippen molar-refractivity contribution in [2.45, 2.75) is 121 Å². The second-order valence-corrected chi connectivity index (χ2v) is 17.7. The lowest BCUT2D eigenvalue weighted by molar-refractivity contribution is -0.135. The SMILES string of the molecule is CC(=O)NCC(=O)NC1CCC(=O)NCCCC(C(N)=O)NC(=O)[C@H](Cc2c[nH]c3ccccc23)NC(=O)[C@H](CCCN=C(N)N)NC(=O)C(Cc2ccccc2)NC(=O)[C@H](CCCN)NC1=O.CCCN=C(N)N. The molecule has 2 heterocycles. The number of fused-ring (bicyclic) bond motifs is 1. The lowest BCUT2D eigenvalue weighted by Crippen LogP contribution is -2.60. The molecule has 21 N–H and O–H groups in total. The quantitative estimate of drug-likeness (QED) is 0.0357. The molecular formula is C49H75N17O9. The molecule has 3 aromatic rings. The molecule has 0 aliphatic carbocycles. The van der Waals surface area contributed by atoms with Gasteiger partial charge in [-0.15, -0.1) is 0 Å². The number of primary amides is 1. The predicted molar refractivity (Wildman–Crippen MR) is 282 cm³/mol. The summed E-state index contributed by atoms with van der Waals surface area (Å²) in [7, 11) is 0. The first kappa shape index (κ1) is 61.0. The van der Waals surface area contributed by atoms with Crippen LogP contribution in [0.2, 0.25) is 0 Å². The number of rotatable bonds is 17. The van der Waals surface area contributed by atoms with Crippen LogP contribution in [0.1, 0.15) is 82.8 Å². The maximum Gasteiger partial charge on any atom is 0.243 e. The summed E-state index contributed by atoms with van der Waals surface area (Å²) in [5.41, 5.74) is 34.7. The Balaban J connectivity index is 0.00000197. The fourth-order valence-electron chi connectivity index (χ4n) is 7.66. The zero-order valence-corrected chi connectivity index (χ0v) is 42.6. The van der Waals surface area contributed by atoms with Gasteiger partial charge < -0.3 is 81.9 Å². The van der Waals surface area contributed by atoms with Gasteiger partial charge in [0.1, 0.15) is 36.3 Å². The maximum atomic E-state index is 14.5. The highest BCUT2D eigenvalue weighted by Gasteiger charge is 2.34. The summed E-state index contributed by atoms with van der Waals surface area (Å²) < 4.78 is 0. The van der Waals surface area contributed by atoms with Crippen molar-refractivity contribution in [3.8, 4) is 0 Å². The van der Waals surface area contributed by atoms with Crippen molar-refractivity contribution in [1.82, 2.24) is 47.5 Å². The molecule has 1 aliphatic heterocycles. The van der Waals surface area contributed by atoms with Crippen LogP contribution in [0.4, 0.5) is 0 Å². The highest BCUT2D eigenvalue weighted by atomic mass is 16.2. The van der Waals surface area contributed by atoms with E-state index < -0.39 is 96.0 Å². The summed E-state index contributed by atoms with van der Waals surface area (Å²) in [6.07, 6.45) is 2.57. The number of guanidine groups is 2. The van der Waals surface area contributed by atoms with Gasteiger partial charge in [0.05, 0.1) is 6.54 Å². The lowest BCUT2D eigenvalue weighted by Gasteiger charge is -2.28. The first-order valence-corrected chi connectivity index (χ1v) is 24.8. The van der Waals surface area contributed by atoms with E-state index >= 15 is 0 Å². The summed E-state index contributed by atoms with van der Waals surface area (Å²) >= 11 is 0.